The molecule has 27 heavy (non-hydrogen) atoms. The highest BCUT2D eigenvalue weighted by Crippen LogP contribution is 2.40. The van der Waals surface area contributed by atoms with E-state index in [1.54, 1.807) is 0 Å². The van der Waals surface area contributed by atoms with Gasteiger partial charge in [-0.15, -0.1) is 0 Å². The Morgan fingerprint density at radius 3 is 2.81 bits per heavy atom. The van der Waals surface area contributed by atoms with E-state index < -0.39 is 0 Å². The maximum Gasteiger partial charge on any atom is 0.269 e. The van der Waals surface area contributed by atoms with Gasteiger partial charge in [0.2, 0.25) is 5.95 Å². The number of amides is 1. The third-order valence-corrected chi connectivity index (χ3v) is 5.11. The number of nitrogens with one attached hydrogen (secondary N) is 3. The average molecular weight is 372 g/mol. The molecule has 1 aliphatic heterocycles. The summed E-state index contributed by atoms with van der Waals surface area (Å²) in [6.45, 7) is 7.26. The summed E-state index contributed by atoms with van der Waals surface area (Å²) in [5.74, 6) is 0.397. The SMILES string of the molecule is CC1(C)Cc2nc(N3CCOCC3)ncc2C(NC(=O)c2cc(=O)[nH][nH]2)C1. The van der Waals surface area contributed by atoms with Crippen molar-refractivity contribution in [1.29, 1.82) is 0 Å². The molecule has 1 aliphatic carbocycles. The third-order valence-electron chi connectivity index (χ3n) is 5.11. The van der Waals surface area contributed by atoms with Gasteiger partial charge in [-0.1, -0.05) is 13.8 Å². The van der Waals surface area contributed by atoms with Crippen molar-refractivity contribution in [3.8, 4) is 0 Å². The number of morpholine rings is 1. The van der Waals surface area contributed by atoms with Gasteiger partial charge in [-0.3, -0.25) is 19.8 Å². The molecule has 1 fully saturated rings. The van der Waals surface area contributed by atoms with E-state index in [2.05, 4.69) is 39.2 Å². The number of hydrogen-bond donors (Lipinski definition) is 3. The van der Waals surface area contributed by atoms with Gasteiger partial charge < -0.3 is 15.0 Å². The highest BCUT2D eigenvalue weighted by atomic mass is 16.5. The Balaban J connectivity index is 1.60. The Morgan fingerprint density at radius 1 is 1.33 bits per heavy atom. The highest BCUT2D eigenvalue weighted by Gasteiger charge is 2.35. The van der Waals surface area contributed by atoms with Crippen LogP contribution in [0.2, 0.25) is 0 Å². The lowest BCUT2D eigenvalue weighted by atomic mass is 9.74. The van der Waals surface area contributed by atoms with Crippen LogP contribution in [0.3, 0.4) is 0 Å². The molecule has 2 aromatic heterocycles. The summed E-state index contributed by atoms with van der Waals surface area (Å²) in [4.78, 5) is 35.3. The molecule has 1 saturated heterocycles. The molecule has 0 radical (unpaired) electrons. The minimum absolute atomic E-state index is 0.00681. The summed E-state index contributed by atoms with van der Waals surface area (Å²) in [5, 5.41) is 7.99. The molecule has 0 spiro atoms. The van der Waals surface area contributed by atoms with E-state index in [1.807, 2.05) is 6.20 Å². The molecule has 2 aromatic rings. The van der Waals surface area contributed by atoms with Gasteiger partial charge in [-0.05, 0) is 18.3 Å². The number of ether oxygens (including phenoxy) is 1. The molecule has 2 aliphatic rings. The quantitative estimate of drug-likeness (QED) is 0.733. The van der Waals surface area contributed by atoms with Crippen molar-refractivity contribution in [3.63, 3.8) is 0 Å². The van der Waals surface area contributed by atoms with Crippen molar-refractivity contribution in [1.82, 2.24) is 25.5 Å². The second kappa shape index (κ2) is 6.80. The number of rotatable bonds is 3. The summed E-state index contributed by atoms with van der Waals surface area (Å²) >= 11 is 0. The molecule has 0 aromatic carbocycles. The highest BCUT2D eigenvalue weighted by molar-refractivity contribution is 5.92. The number of carbonyl (C=O) groups excluding carboxylic acids is 1. The molecular weight excluding hydrogens is 348 g/mol. The van der Waals surface area contributed by atoms with Gasteiger partial charge in [0.05, 0.1) is 24.9 Å². The Labute approximate surface area is 156 Å². The van der Waals surface area contributed by atoms with Crippen molar-refractivity contribution in [3.05, 3.63) is 39.6 Å². The van der Waals surface area contributed by atoms with Crippen LogP contribution < -0.4 is 15.8 Å². The lowest BCUT2D eigenvalue weighted by molar-refractivity contribution is 0.0913. The first kappa shape index (κ1) is 17.7. The van der Waals surface area contributed by atoms with E-state index >= 15 is 0 Å². The molecular formula is C18H24N6O3. The number of aromatic nitrogens is 4. The van der Waals surface area contributed by atoms with Gasteiger partial charge >= 0.3 is 0 Å². The predicted molar refractivity (Wildman–Crippen MR) is 98.8 cm³/mol. The summed E-state index contributed by atoms with van der Waals surface area (Å²) < 4.78 is 5.40. The lowest BCUT2D eigenvalue weighted by Crippen LogP contribution is -2.39. The molecule has 1 amide bonds. The molecule has 1 atom stereocenters. The van der Waals surface area contributed by atoms with Crippen molar-refractivity contribution < 1.29 is 9.53 Å². The molecule has 144 valence electrons. The molecule has 0 saturated carbocycles. The van der Waals surface area contributed by atoms with Crippen LogP contribution in [0.1, 0.15) is 48.1 Å². The van der Waals surface area contributed by atoms with Gasteiger partial charge in [0.25, 0.3) is 11.5 Å². The summed E-state index contributed by atoms with van der Waals surface area (Å²) in [5.41, 5.74) is 1.79. The Kier molecular flexibility index (Phi) is 4.47. The predicted octanol–water partition coefficient (Wildman–Crippen LogP) is 0.773. The number of nitrogens with zero attached hydrogens (tertiary/aromatic N) is 3. The van der Waals surface area contributed by atoms with E-state index in [0.717, 1.165) is 43.1 Å². The number of carbonyl (C=O) groups is 1. The monoisotopic (exact) mass is 372 g/mol. The van der Waals surface area contributed by atoms with Crippen LogP contribution >= 0.6 is 0 Å². The molecule has 9 nitrogen and oxygen atoms in total. The van der Waals surface area contributed by atoms with Crippen LogP contribution in [-0.2, 0) is 11.2 Å². The first-order valence-electron chi connectivity index (χ1n) is 9.18. The van der Waals surface area contributed by atoms with Crippen molar-refractivity contribution >= 4 is 11.9 Å². The van der Waals surface area contributed by atoms with E-state index in [1.165, 1.54) is 6.07 Å². The summed E-state index contributed by atoms with van der Waals surface area (Å²) in [6.07, 6.45) is 3.43. The van der Waals surface area contributed by atoms with Gasteiger partial charge in [-0.2, -0.15) is 0 Å². The fourth-order valence-corrected chi connectivity index (χ4v) is 3.77. The largest absolute Gasteiger partial charge is 0.378 e. The zero-order valence-electron chi connectivity index (χ0n) is 15.5. The topological polar surface area (TPSA) is 116 Å². The summed E-state index contributed by atoms with van der Waals surface area (Å²) in [6, 6.07) is 1.05. The van der Waals surface area contributed by atoms with Gasteiger partial charge in [0.1, 0.15) is 5.69 Å². The van der Waals surface area contributed by atoms with E-state index in [0.29, 0.717) is 13.2 Å². The van der Waals surface area contributed by atoms with Gasteiger partial charge in [0, 0.05) is 30.9 Å². The number of fused-ring (bicyclic) bond motifs is 1. The van der Waals surface area contributed by atoms with E-state index in [4.69, 9.17) is 9.72 Å². The second-order valence-electron chi connectivity index (χ2n) is 7.91. The molecule has 4 rings (SSSR count). The normalized spacial score (nSPS) is 21.6. The molecule has 0 bridgehead atoms. The molecule has 3 heterocycles. The maximum atomic E-state index is 12.5. The summed E-state index contributed by atoms with van der Waals surface area (Å²) in [7, 11) is 0. The van der Waals surface area contributed by atoms with Gasteiger partial charge in [-0.25, -0.2) is 9.97 Å². The Morgan fingerprint density at radius 2 is 2.11 bits per heavy atom. The standard InChI is InChI=1S/C18H24N6O3/c1-18(2)8-13(20-16(26)12-7-15(25)23-22-12)11-10-19-17(21-14(11)9-18)24-3-5-27-6-4-24/h7,10,13H,3-6,8-9H2,1-2H3,(H,20,26)(H2,22,23,25). The smallest absolute Gasteiger partial charge is 0.269 e. The molecule has 1 unspecified atom stereocenters. The van der Waals surface area contributed by atoms with Crippen LogP contribution in [-0.4, -0.2) is 52.4 Å². The van der Waals surface area contributed by atoms with Crippen molar-refractivity contribution in [2.24, 2.45) is 5.41 Å². The molecule has 3 N–H and O–H groups in total. The Bertz CT molecular complexity index is 896. The van der Waals surface area contributed by atoms with Crippen molar-refractivity contribution in [2.75, 3.05) is 31.2 Å². The van der Waals surface area contributed by atoms with Crippen molar-refractivity contribution in [2.45, 2.75) is 32.7 Å². The van der Waals surface area contributed by atoms with Crippen LogP contribution in [0.15, 0.2) is 17.1 Å². The number of aromatic amines is 2. The van der Waals surface area contributed by atoms with Crippen LogP contribution in [0.5, 0.6) is 0 Å². The lowest BCUT2D eigenvalue weighted by Gasteiger charge is -2.37. The zero-order chi connectivity index (χ0) is 19.0. The van der Waals surface area contributed by atoms with Crippen LogP contribution in [0.25, 0.3) is 0 Å². The fourth-order valence-electron chi connectivity index (χ4n) is 3.77. The Hall–Kier alpha value is -2.68. The molecule has 9 heteroatoms. The maximum absolute atomic E-state index is 12.5. The van der Waals surface area contributed by atoms with Gasteiger partial charge in [0.15, 0.2) is 0 Å². The average Bonchev–Trinajstić information content (AvgIpc) is 3.07. The minimum atomic E-state index is -0.331. The number of hydrogen-bond acceptors (Lipinski definition) is 6. The van der Waals surface area contributed by atoms with E-state index in [9.17, 15) is 9.59 Å². The number of anilines is 1. The first-order chi connectivity index (χ1) is 12.9. The second-order valence-corrected chi connectivity index (χ2v) is 7.91. The zero-order valence-corrected chi connectivity index (χ0v) is 15.5. The minimum Gasteiger partial charge on any atom is -0.378 e. The first-order valence-corrected chi connectivity index (χ1v) is 9.18. The third kappa shape index (κ3) is 3.73. The number of H-pyrrole nitrogens is 2. The van der Waals surface area contributed by atoms with Crippen LogP contribution in [0.4, 0.5) is 5.95 Å². The van der Waals surface area contributed by atoms with Crippen LogP contribution in [0, 0.1) is 5.41 Å². The van der Waals surface area contributed by atoms with E-state index in [-0.39, 0.29) is 28.6 Å². The fraction of sp³-hybridized carbons (Fsp3) is 0.556.